The molecule has 1 aromatic heterocycles. The standard InChI is InChI=1S/C36H39N9O4/c1-42-22-28(20-38-41-37)49-35-39-31-23-43(32-13-7-11-26-10-5-6-12-29(26)32)17-16-30(31)34(40-35)45-19-18-44(21-27(45)14-15-33(42)46)36(47)48-24-25-8-3-2-4-9-25/h2-13,27-28H,14-24H2,1H3. The fourth-order valence-corrected chi connectivity index (χ4v) is 7.02. The normalized spacial score (nSPS) is 19.5. The van der Waals surface area contributed by atoms with E-state index in [0.29, 0.717) is 39.0 Å². The van der Waals surface area contributed by atoms with Crippen LogP contribution >= 0.6 is 0 Å². The Labute approximate surface area is 284 Å². The number of likely N-dealkylation sites (N-methyl/N-ethyl adjacent to an activating group) is 1. The van der Waals surface area contributed by atoms with Crippen LogP contribution in [0, 0.1) is 0 Å². The summed E-state index contributed by atoms with van der Waals surface area (Å²) < 4.78 is 12.0. The second-order valence-corrected chi connectivity index (χ2v) is 12.7. The predicted molar refractivity (Wildman–Crippen MR) is 185 cm³/mol. The lowest BCUT2D eigenvalue weighted by Gasteiger charge is -2.43. The molecule has 13 nitrogen and oxygen atoms in total. The Balaban J connectivity index is 1.22. The molecule has 2 bridgehead atoms. The molecule has 2 amide bonds. The highest BCUT2D eigenvalue weighted by Crippen LogP contribution is 2.36. The number of hydrogen-bond donors (Lipinski definition) is 0. The van der Waals surface area contributed by atoms with Crippen LogP contribution in [0.5, 0.6) is 6.01 Å². The van der Waals surface area contributed by atoms with Crippen LogP contribution in [0.3, 0.4) is 0 Å². The first kappa shape index (κ1) is 32.0. The van der Waals surface area contributed by atoms with E-state index in [1.54, 1.807) is 16.8 Å². The molecule has 3 aliphatic rings. The van der Waals surface area contributed by atoms with E-state index >= 15 is 0 Å². The molecular weight excluding hydrogens is 622 g/mol. The van der Waals surface area contributed by atoms with E-state index in [9.17, 15) is 9.59 Å². The number of anilines is 2. The topological polar surface area (TPSA) is 140 Å². The zero-order valence-electron chi connectivity index (χ0n) is 27.5. The Kier molecular flexibility index (Phi) is 9.34. The number of rotatable bonds is 5. The van der Waals surface area contributed by atoms with Crippen molar-refractivity contribution in [3.05, 3.63) is 100 Å². The van der Waals surface area contributed by atoms with Gasteiger partial charge in [0.2, 0.25) is 5.91 Å². The van der Waals surface area contributed by atoms with Gasteiger partial charge in [0.1, 0.15) is 18.5 Å². The summed E-state index contributed by atoms with van der Waals surface area (Å²) in [5, 5.41) is 6.11. The van der Waals surface area contributed by atoms with Gasteiger partial charge < -0.3 is 29.1 Å². The minimum Gasteiger partial charge on any atom is -0.458 e. The van der Waals surface area contributed by atoms with E-state index < -0.39 is 6.10 Å². The van der Waals surface area contributed by atoms with Gasteiger partial charge in [-0.2, -0.15) is 9.97 Å². The summed E-state index contributed by atoms with van der Waals surface area (Å²) >= 11 is 0. The molecule has 7 rings (SSSR count). The highest BCUT2D eigenvalue weighted by atomic mass is 16.6. The van der Waals surface area contributed by atoms with Gasteiger partial charge in [-0.1, -0.05) is 71.8 Å². The van der Waals surface area contributed by atoms with Crippen molar-refractivity contribution in [3.63, 3.8) is 0 Å². The van der Waals surface area contributed by atoms with Crippen LogP contribution in [0.25, 0.3) is 21.2 Å². The van der Waals surface area contributed by atoms with E-state index in [-0.39, 0.29) is 50.2 Å². The Bertz CT molecular complexity index is 1880. The third-order valence-electron chi connectivity index (χ3n) is 9.56. The van der Waals surface area contributed by atoms with Gasteiger partial charge in [0.15, 0.2) is 0 Å². The van der Waals surface area contributed by atoms with Crippen molar-refractivity contribution in [2.45, 2.75) is 44.6 Å². The lowest BCUT2D eigenvalue weighted by molar-refractivity contribution is -0.131. The van der Waals surface area contributed by atoms with Crippen molar-refractivity contribution in [2.24, 2.45) is 5.11 Å². The van der Waals surface area contributed by atoms with Crippen molar-refractivity contribution in [1.82, 2.24) is 19.8 Å². The van der Waals surface area contributed by atoms with E-state index in [2.05, 4.69) is 56.2 Å². The third-order valence-corrected chi connectivity index (χ3v) is 9.56. The minimum atomic E-state index is -0.625. The zero-order chi connectivity index (χ0) is 33.7. The van der Waals surface area contributed by atoms with Crippen molar-refractivity contribution >= 4 is 34.3 Å². The Hall–Kier alpha value is -5.55. The summed E-state index contributed by atoms with van der Waals surface area (Å²) in [5.74, 6) is 0.708. The summed E-state index contributed by atoms with van der Waals surface area (Å²) in [7, 11) is 1.72. The van der Waals surface area contributed by atoms with Gasteiger partial charge >= 0.3 is 12.1 Å². The Morgan fingerprint density at radius 3 is 2.67 bits per heavy atom. The second-order valence-electron chi connectivity index (χ2n) is 12.7. The maximum atomic E-state index is 13.3. The average molecular weight is 662 g/mol. The molecule has 2 unspecified atom stereocenters. The molecule has 4 heterocycles. The van der Waals surface area contributed by atoms with Crippen LogP contribution in [0.15, 0.2) is 77.9 Å². The first-order chi connectivity index (χ1) is 24.0. The Morgan fingerprint density at radius 2 is 1.82 bits per heavy atom. The number of piperazine rings is 1. The van der Waals surface area contributed by atoms with Crippen LogP contribution in [0.4, 0.5) is 16.3 Å². The molecule has 3 aromatic carbocycles. The molecule has 0 radical (unpaired) electrons. The molecule has 0 aliphatic carbocycles. The van der Waals surface area contributed by atoms with Gasteiger partial charge in [-0.05, 0) is 35.4 Å². The summed E-state index contributed by atoms with van der Waals surface area (Å²) in [6, 6.07) is 24.3. The molecule has 49 heavy (non-hydrogen) atoms. The molecule has 1 fully saturated rings. The average Bonchev–Trinajstić information content (AvgIpc) is 3.14. The number of azide groups is 1. The molecule has 1 saturated heterocycles. The number of carbonyl (C=O) groups is 2. The number of hydrogen-bond acceptors (Lipinski definition) is 9. The van der Waals surface area contributed by atoms with Crippen LogP contribution < -0.4 is 14.5 Å². The predicted octanol–water partition coefficient (Wildman–Crippen LogP) is 5.33. The molecule has 3 aliphatic heterocycles. The smallest absolute Gasteiger partial charge is 0.410 e. The number of carbonyl (C=O) groups excluding carboxylic acids is 2. The quantitative estimate of drug-likeness (QED) is 0.159. The molecule has 13 heteroatoms. The number of ether oxygens (including phenoxy) is 2. The van der Waals surface area contributed by atoms with Gasteiger partial charge in [-0.25, -0.2) is 4.79 Å². The fourth-order valence-electron chi connectivity index (χ4n) is 7.02. The Morgan fingerprint density at radius 1 is 1.00 bits per heavy atom. The molecular formula is C36H39N9O4. The van der Waals surface area contributed by atoms with E-state index in [4.69, 9.17) is 25.0 Å². The summed E-state index contributed by atoms with van der Waals surface area (Å²) in [5.41, 5.74) is 13.0. The maximum absolute atomic E-state index is 13.3. The number of benzene rings is 3. The first-order valence-electron chi connectivity index (χ1n) is 16.7. The monoisotopic (exact) mass is 661 g/mol. The van der Waals surface area contributed by atoms with Gasteiger partial charge in [0.05, 0.1) is 25.3 Å². The lowest BCUT2D eigenvalue weighted by Crippen LogP contribution is -2.56. The third kappa shape index (κ3) is 7.02. The molecule has 0 N–H and O–H groups in total. The summed E-state index contributed by atoms with van der Waals surface area (Å²) in [6.07, 6.45) is 0.500. The number of fused-ring (bicyclic) bond motifs is 7. The van der Waals surface area contributed by atoms with E-state index in [1.807, 2.05) is 36.4 Å². The van der Waals surface area contributed by atoms with E-state index in [0.717, 1.165) is 34.9 Å². The van der Waals surface area contributed by atoms with Crippen LogP contribution in [-0.4, -0.2) is 90.2 Å². The number of amides is 2. The SMILES string of the molecule is CN1CC(CN=[N+]=[N-])Oc2nc3c(c(n2)N2CCN(C(=O)OCc4ccccc4)CC2CCC1=O)CCN(c1cccc2ccccc12)C3. The fraction of sp³-hybridized carbons (Fsp3) is 0.389. The van der Waals surface area contributed by atoms with Crippen molar-refractivity contribution in [2.75, 3.05) is 56.1 Å². The number of nitrogens with zero attached hydrogens (tertiary/aromatic N) is 9. The van der Waals surface area contributed by atoms with Gasteiger partial charge in [-0.3, -0.25) is 4.79 Å². The summed E-state index contributed by atoms with van der Waals surface area (Å²) in [6.45, 7) is 3.10. The highest BCUT2D eigenvalue weighted by molar-refractivity contribution is 5.94. The molecule has 0 saturated carbocycles. The molecule has 2 atom stereocenters. The van der Waals surface area contributed by atoms with Gasteiger partial charge in [0, 0.05) is 67.2 Å². The summed E-state index contributed by atoms with van der Waals surface area (Å²) in [4.78, 5) is 47.3. The molecule has 0 spiro atoms. The maximum Gasteiger partial charge on any atom is 0.410 e. The largest absolute Gasteiger partial charge is 0.458 e. The van der Waals surface area contributed by atoms with E-state index in [1.165, 1.54) is 10.8 Å². The second kappa shape index (κ2) is 14.3. The van der Waals surface area contributed by atoms with Crippen LogP contribution in [0.2, 0.25) is 0 Å². The zero-order valence-corrected chi connectivity index (χ0v) is 27.5. The molecule has 4 aromatic rings. The van der Waals surface area contributed by atoms with Crippen LogP contribution in [0.1, 0.15) is 29.7 Å². The first-order valence-corrected chi connectivity index (χ1v) is 16.7. The highest BCUT2D eigenvalue weighted by Gasteiger charge is 2.36. The minimum absolute atomic E-state index is 0.0262. The van der Waals surface area contributed by atoms with Gasteiger partial charge in [0.25, 0.3) is 0 Å². The van der Waals surface area contributed by atoms with Crippen LogP contribution in [-0.2, 0) is 29.1 Å². The molecule has 252 valence electrons. The number of aromatic nitrogens is 2. The van der Waals surface area contributed by atoms with Gasteiger partial charge in [-0.15, -0.1) is 0 Å². The van der Waals surface area contributed by atoms with Crippen molar-refractivity contribution < 1.29 is 19.1 Å². The van der Waals surface area contributed by atoms with Crippen molar-refractivity contribution in [3.8, 4) is 6.01 Å². The van der Waals surface area contributed by atoms with Crippen molar-refractivity contribution in [1.29, 1.82) is 0 Å². The lowest BCUT2D eigenvalue weighted by atomic mass is 9.99.